The first-order chi connectivity index (χ1) is 16.7. The molecule has 3 rings (SSSR count). The van der Waals surface area contributed by atoms with Gasteiger partial charge < -0.3 is 29.0 Å². The van der Waals surface area contributed by atoms with Crippen LogP contribution in [0.1, 0.15) is 43.5 Å². The van der Waals surface area contributed by atoms with E-state index in [-0.39, 0.29) is 30.6 Å². The van der Waals surface area contributed by atoms with Crippen molar-refractivity contribution in [1.82, 2.24) is 4.90 Å². The van der Waals surface area contributed by atoms with E-state index in [4.69, 9.17) is 18.9 Å². The number of Topliss-reactive ketones (excluding diaryl/α,β-unsaturated/α-hetero) is 1. The van der Waals surface area contributed by atoms with Crippen molar-refractivity contribution < 1.29 is 33.6 Å². The molecule has 0 saturated carbocycles. The van der Waals surface area contributed by atoms with Gasteiger partial charge in [-0.2, -0.15) is 0 Å². The molecule has 35 heavy (non-hydrogen) atoms. The number of aliphatic hydroxyl groups excluding tert-OH is 1. The quantitative estimate of drug-likeness (QED) is 0.307. The van der Waals surface area contributed by atoms with Gasteiger partial charge >= 0.3 is 0 Å². The fraction of sp³-hybridized carbons (Fsp3) is 0.407. The largest absolute Gasteiger partial charge is 0.507 e. The highest BCUT2D eigenvalue weighted by Crippen LogP contribution is 2.42. The van der Waals surface area contributed by atoms with Crippen LogP contribution in [0.25, 0.3) is 5.76 Å². The molecule has 1 fully saturated rings. The highest BCUT2D eigenvalue weighted by atomic mass is 16.5. The first kappa shape index (κ1) is 26.1. The molecule has 188 valence electrons. The number of nitrogens with zero attached hydrogens (tertiary/aromatic N) is 1. The van der Waals surface area contributed by atoms with E-state index in [0.29, 0.717) is 35.0 Å². The molecule has 1 amide bonds. The third-order valence-corrected chi connectivity index (χ3v) is 5.69. The minimum absolute atomic E-state index is 0.00986. The Hall–Kier alpha value is -3.52. The van der Waals surface area contributed by atoms with Crippen molar-refractivity contribution in [3.63, 3.8) is 0 Å². The predicted octanol–water partition coefficient (Wildman–Crippen LogP) is 4.26. The number of amides is 1. The van der Waals surface area contributed by atoms with Crippen molar-refractivity contribution in [2.45, 2.75) is 39.8 Å². The van der Waals surface area contributed by atoms with Crippen LogP contribution in [0.5, 0.6) is 17.2 Å². The number of carbonyl (C=O) groups is 2. The van der Waals surface area contributed by atoms with Crippen molar-refractivity contribution in [2.24, 2.45) is 0 Å². The highest BCUT2D eigenvalue weighted by molar-refractivity contribution is 6.46. The molecule has 0 bridgehead atoms. The van der Waals surface area contributed by atoms with Crippen LogP contribution < -0.4 is 14.2 Å². The third kappa shape index (κ3) is 5.43. The van der Waals surface area contributed by atoms with E-state index in [0.717, 1.165) is 5.56 Å². The van der Waals surface area contributed by atoms with Crippen molar-refractivity contribution in [1.29, 1.82) is 0 Å². The van der Waals surface area contributed by atoms with E-state index in [1.165, 1.54) is 12.0 Å². The zero-order valence-corrected chi connectivity index (χ0v) is 21.1. The Balaban J connectivity index is 2.18. The summed E-state index contributed by atoms with van der Waals surface area (Å²) in [7, 11) is 3.09. The fourth-order valence-corrected chi connectivity index (χ4v) is 4.14. The van der Waals surface area contributed by atoms with Crippen molar-refractivity contribution in [3.8, 4) is 17.2 Å². The smallest absolute Gasteiger partial charge is 0.295 e. The topological polar surface area (TPSA) is 94.5 Å². The molecule has 2 aromatic rings. The van der Waals surface area contributed by atoms with Gasteiger partial charge in [-0.1, -0.05) is 6.07 Å². The van der Waals surface area contributed by atoms with Crippen LogP contribution in [-0.2, 0) is 14.3 Å². The highest BCUT2D eigenvalue weighted by Gasteiger charge is 2.46. The first-order valence-electron chi connectivity index (χ1n) is 11.6. The van der Waals surface area contributed by atoms with E-state index in [1.54, 1.807) is 43.5 Å². The molecule has 1 N–H and O–H groups in total. The maximum Gasteiger partial charge on any atom is 0.295 e. The average molecular weight is 484 g/mol. The summed E-state index contributed by atoms with van der Waals surface area (Å²) in [6, 6.07) is 9.57. The Bertz CT molecular complexity index is 1120. The second kappa shape index (κ2) is 11.3. The monoisotopic (exact) mass is 483 g/mol. The average Bonchev–Trinajstić information content (AvgIpc) is 3.08. The van der Waals surface area contributed by atoms with Crippen molar-refractivity contribution in [3.05, 3.63) is 58.7 Å². The van der Waals surface area contributed by atoms with E-state index >= 15 is 0 Å². The molecule has 1 aliphatic heterocycles. The molecule has 1 atom stereocenters. The number of methoxy groups -OCH3 is 2. The molecule has 1 unspecified atom stereocenters. The second-order valence-corrected chi connectivity index (χ2v) is 8.48. The molecule has 0 radical (unpaired) electrons. The molecular weight excluding hydrogens is 450 g/mol. The molecule has 0 spiro atoms. The molecule has 0 aromatic heterocycles. The maximum atomic E-state index is 13.2. The van der Waals surface area contributed by atoms with Gasteiger partial charge in [0.1, 0.15) is 11.5 Å². The summed E-state index contributed by atoms with van der Waals surface area (Å²) < 4.78 is 22.1. The number of aliphatic hydroxyl groups is 1. The number of rotatable bonds is 10. The summed E-state index contributed by atoms with van der Waals surface area (Å²) >= 11 is 0. The number of aryl methyl sites for hydroxylation is 1. The molecule has 1 saturated heterocycles. The summed E-state index contributed by atoms with van der Waals surface area (Å²) in [5, 5.41) is 11.3. The van der Waals surface area contributed by atoms with Gasteiger partial charge in [0.25, 0.3) is 11.7 Å². The van der Waals surface area contributed by atoms with Gasteiger partial charge in [0.2, 0.25) is 0 Å². The van der Waals surface area contributed by atoms with Gasteiger partial charge in [-0.25, -0.2) is 0 Å². The number of ketones is 1. The minimum atomic E-state index is -0.820. The number of benzene rings is 2. The molecule has 1 aliphatic rings. The Morgan fingerprint density at radius 2 is 1.77 bits per heavy atom. The van der Waals surface area contributed by atoms with Gasteiger partial charge in [0.05, 0.1) is 38.0 Å². The van der Waals surface area contributed by atoms with E-state index in [2.05, 4.69) is 0 Å². The lowest BCUT2D eigenvalue weighted by Gasteiger charge is -2.26. The second-order valence-electron chi connectivity index (χ2n) is 8.48. The van der Waals surface area contributed by atoms with Gasteiger partial charge in [0.15, 0.2) is 11.5 Å². The number of hydrogen-bond donors (Lipinski definition) is 1. The lowest BCUT2D eigenvalue weighted by atomic mass is 9.94. The van der Waals surface area contributed by atoms with Crippen molar-refractivity contribution >= 4 is 17.4 Å². The van der Waals surface area contributed by atoms with Crippen molar-refractivity contribution in [2.75, 3.05) is 34.0 Å². The maximum absolute atomic E-state index is 13.2. The SMILES string of the molecule is CCOc1cc(C2/C(=C(/O)c3ccc(OC)c(C)c3)C(=O)C(=O)N2CCOC)ccc1OC(C)C. The summed E-state index contributed by atoms with van der Waals surface area (Å²) in [6.07, 6.45) is -0.0642. The summed E-state index contributed by atoms with van der Waals surface area (Å²) in [4.78, 5) is 27.6. The van der Waals surface area contributed by atoms with Crippen LogP contribution >= 0.6 is 0 Å². The van der Waals surface area contributed by atoms with E-state index < -0.39 is 17.7 Å². The van der Waals surface area contributed by atoms with E-state index in [9.17, 15) is 14.7 Å². The zero-order chi connectivity index (χ0) is 25.7. The lowest BCUT2D eigenvalue weighted by Crippen LogP contribution is -2.32. The van der Waals surface area contributed by atoms with Gasteiger partial charge in [-0.3, -0.25) is 9.59 Å². The number of carbonyl (C=O) groups excluding carboxylic acids is 2. The van der Waals surface area contributed by atoms with Crippen LogP contribution in [0.3, 0.4) is 0 Å². The first-order valence-corrected chi connectivity index (χ1v) is 11.6. The summed E-state index contributed by atoms with van der Waals surface area (Å²) in [5.41, 5.74) is 1.83. The minimum Gasteiger partial charge on any atom is -0.507 e. The molecule has 1 heterocycles. The Labute approximate surface area is 206 Å². The molecule has 2 aromatic carbocycles. The van der Waals surface area contributed by atoms with Crippen LogP contribution in [0.2, 0.25) is 0 Å². The molecule has 8 heteroatoms. The van der Waals surface area contributed by atoms with Gasteiger partial charge in [-0.05, 0) is 69.2 Å². The van der Waals surface area contributed by atoms with Crippen LogP contribution in [-0.4, -0.2) is 61.8 Å². The van der Waals surface area contributed by atoms with Crippen LogP contribution in [0.4, 0.5) is 0 Å². The fourth-order valence-electron chi connectivity index (χ4n) is 4.14. The number of ether oxygens (including phenoxy) is 4. The van der Waals surface area contributed by atoms with Gasteiger partial charge in [0, 0.05) is 19.2 Å². The van der Waals surface area contributed by atoms with Crippen LogP contribution in [0, 0.1) is 6.92 Å². The Morgan fingerprint density at radius 3 is 2.37 bits per heavy atom. The predicted molar refractivity (Wildman–Crippen MR) is 132 cm³/mol. The van der Waals surface area contributed by atoms with Gasteiger partial charge in [-0.15, -0.1) is 0 Å². The molecule has 8 nitrogen and oxygen atoms in total. The summed E-state index contributed by atoms with van der Waals surface area (Å²) in [6.45, 7) is 8.36. The standard InChI is InChI=1S/C27H33NO7/c1-7-34-22-15-18(8-11-21(22)35-16(2)3)24-23(26(30)27(31)28(24)12-13-32-5)25(29)19-9-10-20(33-6)17(4)14-19/h8-11,14-16,24,29H,7,12-13H2,1-6H3/b25-23-. The Morgan fingerprint density at radius 1 is 1.06 bits per heavy atom. The Kier molecular flexibility index (Phi) is 8.40. The number of likely N-dealkylation sites (tertiary alicyclic amines) is 1. The lowest BCUT2D eigenvalue weighted by molar-refractivity contribution is -0.140. The number of hydrogen-bond acceptors (Lipinski definition) is 7. The molecular formula is C27H33NO7. The zero-order valence-electron chi connectivity index (χ0n) is 21.1. The van der Waals surface area contributed by atoms with E-state index in [1.807, 2.05) is 27.7 Å². The van der Waals surface area contributed by atoms with Crippen LogP contribution in [0.15, 0.2) is 42.0 Å². The molecule has 0 aliphatic carbocycles. The summed E-state index contributed by atoms with van der Waals surface area (Å²) in [5.74, 6) is 0.0126. The third-order valence-electron chi connectivity index (χ3n) is 5.69. The normalized spacial score (nSPS) is 17.2.